The molecule has 7 heteroatoms. The van der Waals surface area contributed by atoms with Crippen LogP contribution in [0.5, 0.6) is 0 Å². The Hall–Kier alpha value is -2.05. The molecule has 1 aromatic heterocycles. The Morgan fingerprint density at radius 1 is 1.42 bits per heavy atom. The van der Waals surface area contributed by atoms with E-state index in [4.69, 9.17) is 11.6 Å². The van der Waals surface area contributed by atoms with Crippen LogP contribution >= 0.6 is 11.6 Å². The van der Waals surface area contributed by atoms with Crippen molar-refractivity contribution in [3.05, 3.63) is 58.4 Å². The maximum absolute atomic E-state index is 13.0. The Morgan fingerprint density at radius 2 is 2.08 bits per heavy atom. The summed E-state index contributed by atoms with van der Waals surface area (Å²) in [5.41, 5.74) is 0.696. The number of hydrogen-bond donors (Lipinski definition) is 1. The molecule has 1 unspecified atom stereocenters. The summed E-state index contributed by atoms with van der Waals surface area (Å²) in [7, 11) is 0. The van der Waals surface area contributed by atoms with E-state index in [9.17, 15) is 14.3 Å². The molecular weight excluding hydrogens is 333 g/mol. The van der Waals surface area contributed by atoms with Crippen LogP contribution < -0.4 is 0 Å². The molecule has 3 rings (SSSR count). The maximum Gasteiger partial charge on any atom is 0.274 e. The number of aliphatic hydroxyl groups is 1. The first-order chi connectivity index (χ1) is 11.5. The van der Waals surface area contributed by atoms with Gasteiger partial charge >= 0.3 is 0 Å². The smallest absolute Gasteiger partial charge is 0.274 e. The third-order valence-corrected chi connectivity index (χ3v) is 4.22. The Balaban J connectivity index is 1.81. The molecule has 0 spiro atoms. The zero-order chi connectivity index (χ0) is 17.3. The van der Waals surface area contributed by atoms with Gasteiger partial charge in [-0.2, -0.15) is 0 Å². The van der Waals surface area contributed by atoms with Gasteiger partial charge in [-0.25, -0.2) is 14.4 Å². The van der Waals surface area contributed by atoms with Crippen LogP contribution in [0.1, 0.15) is 40.8 Å². The summed E-state index contributed by atoms with van der Waals surface area (Å²) in [6.45, 7) is 1.79. The van der Waals surface area contributed by atoms with Crippen molar-refractivity contribution in [1.29, 1.82) is 0 Å². The lowest BCUT2D eigenvalue weighted by molar-refractivity contribution is 0.0597. The molecule has 0 radical (unpaired) electrons. The fraction of sp³-hybridized carbons (Fsp3) is 0.353. The minimum absolute atomic E-state index is 0.0685. The van der Waals surface area contributed by atoms with Crippen molar-refractivity contribution in [2.24, 2.45) is 0 Å². The number of carbonyl (C=O) groups excluding carboxylic acids is 1. The van der Waals surface area contributed by atoms with E-state index in [1.807, 2.05) is 0 Å². The van der Waals surface area contributed by atoms with Gasteiger partial charge in [0.1, 0.15) is 11.6 Å². The topological polar surface area (TPSA) is 66.3 Å². The van der Waals surface area contributed by atoms with E-state index in [1.54, 1.807) is 11.8 Å². The molecule has 2 aromatic rings. The lowest BCUT2D eigenvalue weighted by atomic mass is 10.1. The second-order valence-corrected chi connectivity index (χ2v) is 6.28. The Labute approximate surface area is 144 Å². The first-order valence-electron chi connectivity index (χ1n) is 7.69. The average molecular weight is 350 g/mol. The van der Waals surface area contributed by atoms with Gasteiger partial charge < -0.3 is 10.0 Å². The third-order valence-electron chi connectivity index (χ3n) is 3.94. The summed E-state index contributed by atoms with van der Waals surface area (Å²) in [5.74, 6) is -0.240. The predicted molar refractivity (Wildman–Crippen MR) is 87.2 cm³/mol. The number of benzene rings is 1. The van der Waals surface area contributed by atoms with Gasteiger partial charge in [0.2, 0.25) is 0 Å². The number of rotatable bonds is 5. The van der Waals surface area contributed by atoms with E-state index < -0.39 is 6.10 Å². The van der Waals surface area contributed by atoms with Gasteiger partial charge in [0.25, 0.3) is 5.91 Å². The molecule has 5 nitrogen and oxygen atoms in total. The lowest BCUT2D eigenvalue weighted by Gasteiger charge is -2.25. The van der Waals surface area contributed by atoms with Crippen LogP contribution in [-0.2, 0) is 0 Å². The van der Waals surface area contributed by atoms with E-state index in [2.05, 4.69) is 9.97 Å². The summed E-state index contributed by atoms with van der Waals surface area (Å²) in [5, 5.41) is 10.6. The molecule has 0 aliphatic heterocycles. The molecule has 1 N–H and O–H groups in total. The van der Waals surface area contributed by atoms with Crippen molar-refractivity contribution in [3.8, 4) is 0 Å². The van der Waals surface area contributed by atoms with Crippen molar-refractivity contribution < 1.29 is 14.3 Å². The molecule has 1 aromatic carbocycles. The first-order valence-corrected chi connectivity index (χ1v) is 8.07. The largest absolute Gasteiger partial charge is 0.387 e. The zero-order valence-corrected chi connectivity index (χ0v) is 13.9. The minimum atomic E-state index is -0.906. The van der Waals surface area contributed by atoms with Gasteiger partial charge in [-0.05, 0) is 37.5 Å². The highest BCUT2D eigenvalue weighted by Crippen LogP contribution is 2.31. The van der Waals surface area contributed by atoms with Crippen LogP contribution in [0.2, 0.25) is 5.02 Å². The van der Waals surface area contributed by atoms with Crippen molar-refractivity contribution in [3.63, 3.8) is 0 Å². The van der Waals surface area contributed by atoms with Crippen LogP contribution in [0.4, 0.5) is 4.39 Å². The highest BCUT2D eigenvalue weighted by atomic mass is 35.5. The Morgan fingerprint density at radius 3 is 2.71 bits per heavy atom. The number of aliphatic hydroxyl groups excluding tert-OH is 1. The van der Waals surface area contributed by atoms with Gasteiger partial charge in [-0.1, -0.05) is 23.7 Å². The standard InChI is InChI=1S/C17H17ClFN3O2/c1-10-20-8-14(18)16(21-10)17(24)22(13-6-7-13)9-15(23)11-2-4-12(19)5-3-11/h2-5,8,13,15,23H,6-7,9H2,1H3. The summed E-state index contributed by atoms with van der Waals surface area (Å²) in [6.07, 6.45) is 2.25. The third kappa shape index (κ3) is 3.71. The molecule has 1 aliphatic rings. The number of carbonyl (C=O) groups is 1. The highest BCUT2D eigenvalue weighted by Gasteiger charge is 2.35. The molecule has 1 atom stereocenters. The number of halogens is 2. The molecule has 1 fully saturated rings. The van der Waals surface area contributed by atoms with Crippen LogP contribution in [0.25, 0.3) is 0 Å². The highest BCUT2D eigenvalue weighted by molar-refractivity contribution is 6.33. The van der Waals surface area contributed by atoms with Crippen LogP contribution in [0.3, 0.4) is 0 Å². The fourth-order valence-corrected chi connectivity index (χ4v) is 2.67. The van der Waals surface area contributed by atoms with Crippen LogP contribution in [-0.4, -0.2) is 38.5 Å². The molecule has 24 heavy (non-hydrogen) atoms. The van der Waals surface area contributed by atoms with Gasteiger partial charge in [0.15, 0.2) is 5.69 Å². The molecule has 1 saturated carbocycles. The predicted octanol–water partition coefficient (Wildman–Crippen LogP) is 2.92. The van der Waals surface area contributed by atoms with Crippen LogP contribution in [0.15, 0.2) is 30.5 Å². The summed E-state index contributed by atoms with van der Waals surface area (Å²) in [4.78, 5) is 22.5. The van der Waals surface area contributed by atoms with Gasteiger partial charge in [0, 0.05) is 6.04 Å². The first kappa shape index (κ1) is 16.8. The van der Waals surface area contributed by atoms with E-state index in [0.29, 0.717) is 11.4 Å². The Bertz CT molecular complexity index is 750. The number of aromatic nitrogens is 2. The van der Waals surface area contributed by atoms with Gasteiger partial charge in [0.05, 0.1) is 23.9 Å². The van der Waals surface area contributed by atoms with Crippen molar-refractivity contribution in [2.45, 2.75) is 31.9 Å². The molecular formula is C17H17ClFN3O2. The number of aryl methyl sites for hydroxylation is 1. The molecule has 1 aliphatic carbocycles. The van der Waals surface area contributed by atoms with Crippen molar-refractivity contribution in [2.75, 3.05) is 6.54 Å². The van der Waals surface area contributed by atoms with E-state index in [0.717, 1.165) is 12.8 Å². The molecule has 0 bridgehead atoms. The fourth-order valence-electron chi connectivity index (χ4n) is 2.50. The average Bonchev–Trinajstić information content (AvgIpc) is 3.39. The Kier molecular flexibility index (Phi) is 4.78. The van der Waals surface area contributed by atoms with Crippen molar-refractivity contribution in [1.82, 2.24) is 14.9 Å². The second kappa shape index (κ2) is 6.83. The molecule has 1 heterocycles. The number of amides is 1. The second-order valence-electron chi connectivity index (χ2n) is 5.87. The molecule has 126 valence electrons. The van der Waals surface area contributed by atoms with Crippen LogP contribution in [0, 0.1) is 12.7 Å². The quantitative estimate of drug-likeness (QED) is 0.901. The van der Waals surface area contributed by atoms with E-state index in [-0.39, 0.29) is 35.0 Å². The summed E-state index contributed by atoms with van der Waals surface area (Å²) in [6, 6.07) is 5.66. The monoisotopic (exact) mass is 349 g/mol. The summed E-state index contributed by atoms with van der Waals surface area (Å²) < 4.78 is 13.0. The number of nitrogens with zero attached hydrogens (tertiary/aromatic N) is 3. The normalized spacial score (nSPS) is 15.2. The van der Waals surface area contributed by atoms with E-state index >= 15 is 0 Å². The van der Waals surface area contributed by atoms with Gasteiger partial charge in [-0.3, -0.25) is 4.79 Å². The van der Waals surface area contributed by atoms with Crippen molar-refractivity contribution >= 4 is 17.5 Å². The minimum Gasteiger partial charge on any atom is -0.387 e. The zero-order valence-electron chi connectivity index (χ0n) is 13.1. The number of hydrogen-bond acceptors (Lipinski definition) is 4. The van der Waals surface area contributed by atoms with Gasteiger partial charge in [-0.15, -0.1) is 0 Å². The molecule has 0 saturated heterocycles. The molecule has 1 amide bonds. The SMILES string of the molecule is Cc1ncc(Cl)c(C(=O)N(CC(O)c2ccc(F)cc2)C2CC2)n1. The van der Waals surface area contributed by atoms with E-state index in [1.165, 1.54) is 30.5 Å². The lowest BCUT2D eigenvalue weighted by Crippen LogP contribution is -2.37. The maximum atomic E-state index is 13.0. The summed E-state index contributed by atoms with van der Waals surface area (Å²) >= 11 is 6.05.